The van der Waals surface area contributed by atoms with Crippen molar-refractivity contribution in [2.45, 2.75) is 17.7 Å². The van der Waals surface area contributed by atoms with Crippen molar-refractivity contribution in [3.8, 4) is 0 Å². The highest BCUT2D eigenvalue weighted by Gasteiger charge is 2.13. The van der Waals surface area contributed by atoms with Crippen LogP contribution in [0, 0.1) is 0 Å². The highest BCUT2D eigenvalue weighted by molar-refractivity contribution is 7.89. The van der Waals surface area contributed by atoms with Crippen molar-refractivity contribution >= 4 is 15.9 Å². The van der Waals surface area contributed by atoms with Crippen LogP contribution in [0.5, 0.6) is 0 Å². The van der Waals surface area contributed by atoms with Crippen LogP contribution in [0.2, 0.25) is 0 Å². The maximum Gasteiger partial charge on any atom is 0.240 e. The monoisotopic (exact) mass is 336 g/mol. The smallest absolute Gasteiger partial charge is 0.240 e. The Kier molecular flexibility index (Phi) is 5.89. The summed E-state index contributed by atoms with van der Waals surface area (Å²) in [6.45, 7) is 0.528. The molecule has 2 N–H and O–H groups in total. The molecule has 1 aromatic heterocycles. The number of sulfonamides is 1. The largest absolute Gasteiger partial charge is 0.356 e. The number of hydrogen-bond acceptors (Lipinski definition) is 4. The van der Waals surface area contributed by atoms with Gasteiger partial charge in [-0.25, -0.2) is 18.1 Å². The van der Waals surface area contributed by atoms with Crippen molar-refractivity contribution in [3.05, 3.63) is 48.5 Å². The molecular formula is C15H20N4O3S. The lowest BCUT2D eigenvalue weighted by Gasteiger charge is -2.07. The maximum atomic E-state index is 12.0. The van der Waals surface area contributed by atoms with Gasteiger partial charge in [0.25, 0.3) is 0 Å². The van der Waals surface area contributed by atoms with Gasteiger partial charge < -0.3 is 9.88 Å². The highest BCUT2D eigenvalue weighted by atomic mass is 32.2. The Morgan fingerprint density at radius 3 is 2.61 bits per heavy atom. The minimum absolute atomic E-state index is 0.0610. The molecule has 1 amide bonds. The number of benzene rings is 1. The number of nitrogens with zero attached hydrogens (tertiary/aromatic N) is 2. The zero-order valence-electron chi connectivity index (χ0n) is 12.9. The summed E-state index contributed by atoms with van der Waals surface area (Å²) in [5.41, 5.74) is 0. The lowest BCUT2D eigenvalue weighted by atomic mass is 10.3. The van der Waals surface area contributed by atoms with Crippen LogP contribution in [0.3, 0.4) is 0 Å². The molecule has 2 rings (SSSR count). The predicted octanol–water partition coefficient (Wildman–Crippen LogP) is 0.447. The lowest BCUT2D eigenvalue weighted by Crippen LogP contribution is -2.31. The number of rotatable bonds is 8. The van der Waals surface area contributed by atoms with Crippen LogP contribution < -0.4 is 10.0 Å². The molecule has 0 unspecified atom stereocenters. The zero-order valence-corrected chi connectivity index (χ0v) is 13.7. The number of amides is 1. The molecule has 0 spiro atoms. The summed E-state index contributed by atoms with van der Waals surface area (Å²) < 4.78 is 28.2. The van der Waals surface area contributed by atoms with Gasteiger partial charge in [-0.1, -0.05) is 18.2 Å². The number of hydrogen-bond donors (Lipinski definition) is 2. The molecule has 0 bridgehead atoms. The molecule has 1 heterocycles. The third-order valence-corrected chi connectivity index (χ3v) is 4.77. The summed E-state index contributed by atoms with van der Waals surface area (Å²) >= 11 is 0. The van der Waals surface area contributed by atoms with Gasteiger partial charge >= 0.3 is 0 Å². The van der Waals surface area contributed by atoms with Crippen LogP contribution in [0.4, 0.5) is 0 Å². The average molecular weight is 336 g/mol. The molecular weight excluding hydrogens is 316 g/mol. The van der Waals surface area contributed by atoms with Gasteiger partial charge in [0.05, 0.1) is 4.90 Å². The Hall–Kier alpha value is -2.19. The van der Waals surface area contributed by atoms with E-state index in [-0.39, 0.29) is 23.8 Å². The Bertz CT molecular complexity index is 741. The van der Waals surface area contributed by atoms with Gasteiger partial charge in [-0.05, 0) is 12.1 Å². The summed E-state index contributed by atoms with van der Waals surface area (Å²) in [6.07, 6.45) is 4.27. The Morgan fingerprint density at radius 1 is 1.22 bits per heavy atom. The number of nitrogens with one attached hydrogen (secondary N) is 2. The molecule has 0 saturated heterocycles. The molecule has 0 aliphatic carbocycles. The fourth-order valence-electron chi connectivity index (χ4n) is 2.02. The van der Waals surface area contributed by atoms with Gasteiger partial charge in [0.2, 0.25) is 15.9 Å². The summed E-state index contributed by atoms with van der Waals surface area (Å²) in [7, 11) is -1.67. The minimum Gasteiger partial charge on any atom is -0.356 e. The third kappa shape index (κ3) is 5.19. The van der Waals surface area contributed by atoms with Gasteiger partial charge in [0, 0.05) is 45.4 Å². The first kappa shape index (κ1) is 17.2. The van der Waals surface area contributed by atoms with Gasteiger partial charge in [-0.3, -0.25) is 4.79 Å². The van der Waals surface area contributed by atoms with Gasteiger partial charge in [0.15, 0.2) is 0 Å². The van der Waals surface area contributed by atoms with Crippen molar-refractivity contribution < 1.29 is 13.2 Å². The molecule has 0 saturated carbocycles. The zero-order chi connectivity index (χ0) is 16.7. The van der Waals surface area contributed by atoms with E-state index >= 15 is 0 Å². The van der Waals surface area contributed by atoms with E-state index in [1.165, 1.54) is 12.1 Å². The molecule has 0 fully saturated rings. The van der Waals surface area contributed by atoms with Gasteiger partial charge in [-0.2, -0.15) is 0 Å². The van der Waals surface area contributed by atoms with Crippen LogP contribution in [-0.2, 0) is 28.3 Å². The molecule has 0 aliphatic rings. The lowest BCUT2D eigenvalue weighted by molar-refractivity contribution is -0.120. The predicted molar refractivity (Wildman–Crippen MR) is 86.2 cm³/mol. The molecule has 0 atom stereocenters. The van der Waals surface area contributed by atoms with E-state index in [4.69, 9.17) is 0 Å². The van der Waals surface area contributed by atoms with Crippen molar-refractivity contribution in [2.75, 3.05) is 13.1 Å². The number of aryl methyl sites for hydroxylation is 1. The first-order chi connectivity index (χ1) is 11.0. The summed E-state index contributed by atoms with van der Waals surface area (Å²) in [5.74, 6) is 0.685. The average Bonchev–Trinajstić information content (AvgIpc) is 2.93. The van der Waals surface area contributed by atoms with Crippen molar-refractivity contribution in [2.24, 2.45) is 7.05 Å². The van der Waals surface area contributed by atoms with Crippen LogP contribution in [-0.4, -0.2) is 37.0 Å². The van der Waals surface area contributed by atoms with Crippen LogP contribution in [0.1, 0.15) is 12.2 Å². The van der Waals surface area contributed by atoms with Crippen molar-refractivity contribution in [1.29, 1.82) is 0 Å². The van der Waals surface area contributed by atoms with Crippen molar-refractivity contribution in [1.82, 2.24) is 19.6 Å². The summed E-state index contributed by atoms with van der Waals surface area (Å²) in [4.78, 5) is 16.1. The second-order valence-corrected chi connectivity index (χ2v) is 6.78. The van der Waals surface area contributed by atoms with Crippen LogP contribution in [0.15, 0.2) is 47.6 Å². The Morgan fingerprint density at radius 2 is 1.96 bits per heavy atom. The topological polar surface area (TPSA) is 93.1 Å². The Balaban J connectivity index is 1.70. The van der Waals surface area contributed by atoms with E-state index < -0.39 is 10.0 Å². The van der Waals surface area contributed by atoms with E-state index in [9.17, 15) is 13.2 Å². The second-order valence-electron chi connectivity index (χ2n) is 5.02. The molecule has 2 aromatic rings. The number of carbonyl (C=O) groups is 1. The van der Waals surface area contributed by atoms with Gasteiger partial charge in [-0.15, -0.1) is 0 Å². The molecule has 1 aromatic carbocycles. The molecule has 0 radical (unpaired) electrons. The number of aromatic nitrogens is 2. The molecule has 7 nitrogen and oxygen atoms in total. The van der Waals surface area contributed by atoms with Crippen LogP contribution >= 0.6 is 0 Å². The first-order valence-electron chi connectivity index (χ1n) is 7.26. The quantitative estimate of drug-likeness (QED) is 0.732. The third-order valence-electron chi connectivity index (χ3n) is 3.29. The molecule has 124 valence electrons. The fourth-order valence-corrected chi connectivity index (χ4v) is 3.07. The van der Waals surface area contributed by atoms with Crippen LogP contribution in [0.25, 0.3) is 0 Å². The molecule has 23 heavy (non-hydrogen) atoms. The fraction of sp³-hybridized carbons (Fsp3) is 0.333. The summed E-state index contributed by atoms with van der Waals surface area (Å²) in [5, 5.41) is 2.75. The summed E-state index contributed by atoms with van der Waals surface area (Å²) in [6, 6.07) is 8.07. The number of imidazole rings is 1. The Labute approximate surface area is 135 Å². The molecule has 8 heteroatoms. The van der Waals surface area contributed by atoms with E-state index in [1.54, 1.807) is 24.4 Å². The van der Waals surface area contributed by atoms with E-state index in [0.717, 1.165) is 5.82 Å². The standard InChI is InChI=1S/C15H20N4O3S/c1-19-12-11-16-14(19)7-9-17-15(20)8-10-18-23(21,22)13-5-3-2-4-6-13/h2-6,11-12,18H,7-10H2,1H3,(H,17,20). The maximum absolute atomic E-state index is 12.0. The van der Waals surface area contributed by atoms with E-state index in [0.29, 0.717) is 13.0 Å². The van der Waals surface area contributed by atoms with E-state index in [1.807, 2.05) is 17.8 Å². The minimum atomic E-state index is -3.56. The normalized spacial score (nSPS) is 11.3. The van der Waals surface area contributed by atoms with E-state index in [2.05, 4.69) is 15.0 Å². The molecule has 0 aliphatic heterocycles. The number of carbonyl (C=O) groups excluding carboxylic acids is 1. The van der Waals surface area contributed by atoms with Gasteiger partial charge in [0.1, 0.15) is 5.82 Å². The highest BCUT2D eigenvalue weighted by Crippen LogP contribution is 2.06. The second kappa shape index (κ2) is 7.89. The SMILES string of the molecule is Cn1ccnc1CCNC(=O)CCNS(=O)(=O)c1ccccc1. The van der Waals surface area contributed by atoms with Crippen molar-refractivity contribution in [3.63, 3.8) is 0 Å². The first-order valence-corrected chi connectivity index (χ1v) is 8.75.